The number of anilines is 1. The number of aliphatic hydroxyl groups is 1. The molecule has 0 saturated heterocycles. The van der Waals surface area contributed by atoms with Gasteiger partial charge in [0.25, 0.3) is 0 Å². The van der Waals surface area contributed by atoms with Gasteiger partial charge in [0.1, 0.15) is 0 Å². The Morgan fingerprint density at radius 3 is 3.00 bits per heavy atom. The molecule has 1 aliphatic rings. The van der Waals surface area contributed by atoms with Gasteiger partial charge in [0.15, 0.2) is 0 Å². The van der Waals surface area contributed by atoms with E-state index in [0.717, 1.165) is 12.8 Å². The Kier molecular flexibility index (Phi) is 2.78. The highest BCUT2D eigenvalue weighted by Gasteiger charge is 2.28. The second kappa shape index (κ2) is 4.09. The molecule has 0 unspecified atom stereocenters. The molecule has 1 saturated carbocycles. The number of rotatable bonds is 4. The highest BCUT2D eigenvalue weighted by atomic mass is 16.6. The topological polar surface area (TPSA) is 93.2 Å². The van der Waals surface area contributed by atoms with Crippen molar-refractivity contribution in [3.8, 4) is 0 Å². The summed E-state index contributed by atoms with van der Waals surface area (Å²) in [4.78, 5) is 13.9. The molecular weight excluding hydrogens is 212 g/mol. The van der Waals surface area contributed by atoms with Crippen LogP contribution >= 0.6 is 0 Å². The summed E-state index contributed by atoms with van der Waals surface area (Å²) < 4.78 is 1.59. The van der Waals surface area contributed by atoms with Crippen LogP contribution in [0.4, 0.5) is 11.6 Å². The van der Waals surface area contributed by atoms with Crippen molar-refractivity contribution in [2.45, 2.75) is 18.9 Å². The molecule has 1 aliphatic carbocycles. The molecule has 88 valence electrons. The fourth-order valence-corrected chi connectivity index (χ4v) is 1.86. The first-order valence-corrected chi connectivity index (χ1v) is 5.15. The van der Waals surface area contributed by atoms with Gasteiger partial charge in [0, 0.05) is 13.6 Å². The summed E-state index contributed by atoms with van der Waals surface area (Å²) in [5.74, 6) is 0.665. The highest BCUT2D eigenvalue weighted by molar-refractivity contribution is 5.51. The maximum atomic E-state index is 10.7. The molecule has 7 nitrogen and oxygen atoms in total. The molecule has 1 aromatic heterocycles. The normalized spacial score (nSPS) is 23.9. The molecule has 1 fully saturated rings. The number of hydrogen-bond donors (Lipinski definition) is 2. The average Bonchev–Trinajstić information content (AvgIpc) is 2.53. The minimum absolute atomic E-state index is 0.151. The predicted octanol–water partition coefficient (Wildman–Crippen LogP) is 0.511. The fourth-order valence-electron chi connectivity index (χ4n) is 1.86. The van der Waals surface area contributed by atoms with Gasteiger partial charge in [0.2, 0.25) is 12.1 Å². The standard InChI is InChI=1S/C9H14N4O3/c1-12-5-11-9(13(15)16)8(12)10-4-6-2-7(14)3-6/h5-7,10,14H,2-4H2,1H3. The lowest BCUT2D eigenvalue weighted by Gasteiger charge is -2.31. The zero-order valence-corrected chi connectivity index (χ0v) is 8.96. The molecule has 1 heterocycles. The second-order valence-corrected chi connectivity index (χ2v) is 4.16. The number of nitrogens with zero attached hydrogens (tertiary/aromatic N) is 3. The van der Waals surface area contributed by atoms with Gasteiger partial charge in [-0.25, -0.2) is 0 Å². The van der Waals surface area contributed by atoms with Crippen molar-refractivity contribution in [1.29, 1.82) is 0 Å². The number of imidazole rings is 1. The van der Waals surface area contributed by atoms with E-state index < -0.39 is 4.92 Å². The van der Waals surface area contributed by atoms with Crippen molar-refractivity contribution in [1.82, 2.24) is 9.55 Å². The number of aromatic nitrogens is 2. The van der Waals surface area contributed by atoms with E-state index in [1.165, 1.54) is 6.33 Å². The van der Waals surface area contributed by atoms with Gasteiger partial charge in [-0.05, 0) is 28.7 Å². The van der Waals surface area contributed by atoms with Gasteiger partial charge in [-0.1, -0.05) is 0 Å². The van der Waals surface area contributed by atoms with E-state index in [9.17, 15) is 10.1 Å². The summed E-state index contributed by atoms with van der Waals surface area (Å²) in [6, 6.07) is 0. The lowest BCUT2D eigenvalue weighted by atomic mass is 9.82. The van der Waals surface area contributed by atoms with Crippen molar-refractivity contribution in [2.75, 3.05) is 11.9 Å². The van der Waals surface area contributed by atoms with Gasteiger partial charge in [0.05, 0.1) is 6.10 Å². The van der Waals surface area contributed by atoms with Gasteiger partial charge < -0.3 is 20.5 Å². The van der Waals surface area contributed by atoms with E-state index in [1.54, 1.807) is 11.6 Å². The van der Waals surface area contributed by atoms with E-state index in [1.807, 2.05) is 0 Å². The van der Waals surface area contributed by atoms with Gasteiger partial charge in [-0.2, -0.15) is 0 Å². The number of aryl methyl sites for hydroxylation is 1. The van der Waals surface area contributed by atoms with Crippen molar-refractivity contribution in [2.24, 2.45) is 13.0 Å². The van der Waals surface area contributed by atoms with E-state index >= 15 is 0 Å². The molecule has 7 heteroatoms. The molecule has 2 rings (SSSR count). The van der Waals surface area contributed by atoms with Crippen molar-refractivity contribution in [3.63, 3.8) is 0 Å². The highest BCUT2D eigenvalue weighted by Crippen LogP contribution is 2.28. The molecule has 0 radical (unpaired) electrons. The first kappa shape index (κ1) is 10.9. The van der Waals surface area contributed by atoms with Gasteiger partial charge in [-0.15, -0.1) is 0 Å². The van der Waals surface area contributed by atoms with Crippen molar-refractivity contribution in [3.05, 3.63) is 16.4 Å². The third-order valence-electron chi connectivity index (χ3n) is 2.86. The summed E-state index contributed by atoms with van der Waals surface area (Å²) in [5.41, 5.74) is 0. The summed E-state index contributed by atoms with van der Waals surface area (Å²) in [5, 5.41) is 22.8. The molecule has 2 N–H and O–H groups in total. The zero-order valence-electron chi connectivity index (χ0n) is 8.96. The Morgan fingerprint density at radius 2 is 2.44 bits per heavy atom. The monoisotopic (exact) mass is 226 g/mol. The number of nitrogens with one attached hydrogen (secondary N) is 1. The number of aliphatic hydroxyl groups excluding tert-OH is 1. The Hall–Kier alpha value is -1.63. The van der Waals surface area contributed by atoms with Crippen molar-refractivity contribution >= 4 is 11.6 Å². The van der Waals surface area contributed by atoms with Crippen LogP contribution in [-0.2, 0) is 7.05 Å². The zero-order chi connectivity index (χ0) is 11.7. The van der Waals surface area contributed by atoms with Crippen LogP contribution in [0.15, 0.2) is 6.33 Å². The summed E-state index contributed by atoms with van der Waals surface area (Å²) >= 11 is 0. The van der Waals surface area contributed by atoms with Gasteiger partial charge in [-0.3, -0.25) is 4.57 Å². The first-order chi connectivity index (χ1) is 7.58. The molecule has 1 aromatic rings. The first-order valence-electron chi connectivity index (χ1n) is 5.15. The minimum atomic E-state index is -0.502. The second-order valence-electron chi connectivity index (χ2n) is 4.16. The Labute approximate surface area is 92.3 Å². The maximum absolute atomic E-state index is 10.7. The van der Waals surface area contributed by atoms with Gasteiger partial charge >= 0.3 is 5.82 Å². The average molecular weight is 226 g/mol. The molecule has 0 aromatic carbocycles. The van der Waals surface area contributed by atoms with Crippen LogP contribution in [0.5, 0.6) is 0 Å². The largest absolute Gasteiger partial charge is 0.406 e. The maximum Gasteiger partial charge on any atom is 0.406 e. The Morgan fingerprint density at radius 1 is 1.75 bits per heavy atom. The quantitative estimate of drug-likeness (QED) is 0.576. The lowest BCUT2D eigenvalue weighted by Crippen LogP contribution is -2.33. The van der Waals surface area contributed by atoms with Crippen LogP contribution in [0, 0.1) is 16.0 Å². The minimum Gasteiger partial charge on any atom is -0.393 e. The fraction of sp³-hybridized carbons (Fsp3) is 0.667. The van der Waals surface area contributed by atoms with Crippen LogP contribution in [0.3, 0.4) is 0 Å². The molecule has 0 aliphatic heterocycles. The predicted molar refractivity (Wildman–Crippen MR) is 57.1 cm³/mol. The summed E-state index contributed by atoms with van der Waals surface area (Å²) in [6.45, 7) is 0.636. The van der Waals surface area contributed by atoms with E-state index in [4.69, 9.17) is 5.11 Å². The van der Waals surface area contributed by atoms with E-state index in [-0.39, 0.29) is 11.9 Å². The van der Waals surface area contributed by atoms with Crippen LogP contribution in [-0.4, -0.2) is 32.2 Å². The van der Waals surface area contributed by atoms with E-state index in [2.05, 4.69) is 10.3 Å². The third kappa shape index (κ3) is 1.99. The molecule has 0 spiro atoms. The Bertz CT molecular complexity index is 397. The molecule has 0 atom stereocenters. The van der Waals surface area contributed by atoms with E-state index in [0.29, 0.717) is 18.3 Å². The summed E-state index contributed by atoms with van der Waals surface area (Å²) in [6.07, 6.45) is 2.74. The van der Waals surface area contributed by atoms with Crippen LogP contribution in [0.25, 0.3) is 0 Å². The molecule has 0 amide bonds. The van der Waals surface area contributed by atoms with Crippen LogP contribution in [0.1, 0.15) is 12.8 Å². The number of hydrogen-bond acceptors (Lipinski definition) is 5. The van der Waals surface area contributed by atoms with Crippen LogP contribution in [0.2, 0.25) is 0 Å². The summed E-state index contributed by atoms with van der Waals surface area (Å²) in [7, 11) is 1.71. The smallest absolute Gasteiger partial charge is 0.393 e. The SMILES string of the molecule is Cn1cnc([N+](=O)[O-])c1NCC1CC(O)C1. The number of nitro groups is 1. The third-order valence-corrected chi connectivity index (χ3v) is 2.86. The lowest BCUT2D eigenvalue weighted by molar-refractivity contribution is -0.388. The molecular formula is C9H14N4O3. The van der Waals surface area contributed by atoms with Crippen LogP contribution < -0.4 is 5.32 Å². The van der Waals surface area contributed by atoms with Crippen molar-refractivity contribution < 1.29 is 10.0 Å². The molecule has 16 heavy (non-hydrogen) atoms. The Balaban J connectivity index is 1.97. The molecule has 0 bridgehead atoms.